The number of carbonyl (C=O) groups is 2. The van der Waals surface area contributed by atoms with E-state index < -0.39 is 0 Å². The van der Waals surface area contributed by atoms with Crippen molar-refractivity contribution >= 4 is 51.7 Å². The average Bonchev–Trinajstić information content (AvgIpc) is 3.31. The van der Waals surface area contributed by atoms with Gasteiger partial charge >= 0.3 is 0 Å². The molecular formula is C23H17FN2O2S2. The number of Topliss-reactive ketones (excluding diaryl/α,β-unsaturated/α-hetero) is 1. The molecule has 1 amide bonds. The molecule has 1 aliphatic heterocycles. The van der Waals surface area contributed by atoms with Gasteiger partial charge in [0.25, 0.3) is 5.91 Å². The first-order valence-corrected chi connectivity index (χ1v) is 11.0. The van der Waals surface area contributed by atoms with Crippen LogP contribution in [-0.4, -0.2) is 22.6 Å². The number of thioether (sulfide) groups is 1. The van der Waals surface area contributed by atoms with E-state index in [-0.39, 0.29) is 29.0 Å². The number of halogens is 1. The summed E-state index contributed by atoms with van der Waals surface area (Å²) >= 11 is 2.64. The summed E-state index contributed by atoms with van der Waals surface area (Å²) in [5, 5.41) is 0.399. The number of thiophene rings is 1. The molecule has 0 saturated heterocycles. The molecule has 150 valence electrons. The van der Waals surface area contributed by atoms with E-state index in [9.17, 15) is 14.0 Å². The van der Waals surface area contributed by atoms with Crippen LogP contribution < -0.4 is 4.90 Å². The maximum Gasteiger partial charge on any atom is 0.283 e. The van der Waals surface area contributed by atoms with Crippen LogP contribution in [0.15, 0.2) is 77.4 Å². The number of rotatable bonds is 5. The van der Waals surface area contributed by atoms with Crippen LogP contribution in [0.4, 0.5) is 10.1 Å². The summed E-state index contributed by atoms with van der Waals surface area (Å²) in [6.45, 7) is 1.95. The van der Waals surface area contributed by atoms with Crippen LogP contribution in [0.5, 0.6) is 0 Å². The molecule has 4 nitrogen and oxygen atoms in total. The Kier molecular flexibility index (Phi) is 5.92. The van der Waals surface area contributed by atoms with Crippen molar-refractivity contribution in [3.8, 4) is 0 Å². The number of anilines is 1. The van der Waals surface area contributed by atoms with Gasteiger partial charge in [-0.2, -0.15) is 0 Å². The lowest BCUT2D eigenvalue weighted by Gasteiger charge is -2.17. The number of carbonyl (C=O) groups excluding carboxylic acids is 2. The van der Waals surface area contributed by atoms with E-state index in [0.717, 1.165) is 10.4 Å². The fourth-order valence-electron chi connectivity index (χ4n) is 2.90. The molecule has 0 aliphatic carbocycles. The number of aryl methyl sites for hydroxylation is 1. The Balaban J connectivity index is 1.62. The fraction of sp³-hybridized carbons (Fsp3) is 0.0870. The first-order chi connectivity index (χ1) is 14.5. The van der Waals surface area contributed by atoms with Crippen LogP contribution in [0.2, 0.25) is 0 Å². The Morgan fingerprint density at radius 3 is 2.50 bits per heavy atom. The van der Waals surface area contributed by atoms with Gasteiger partial charge in [-0.25, -0.2) is 9.38 Å². The maximum absolute atomic E-state index is 13.4. The summed E-state index contributed by atoms with van der Waals surface area (Å²) in [4.78, 5) is 33.3. The minimum atomic E-state index is -0.389. The molecule has 0 unspecified atom stereocenters. The van der Waals surface area contributed by atoms with E-state index in [1.165, 1.54) is 52.3 Å². The van der Waals surface area contributed by atoms with Gasteiger partial charge in [0, 0.05) is 4.88 Å². The quantitative estimate of drug-likeness (QED) is 0.389. The molecule has 2 heterocycles. The second-order valence-corrected chi connectivity index (χ2v) is 8.80. The van der Waals surface area contributed by atoms with Crippen molar-refractivity contribution in [1.29, 1.82) is 0 Å². The molecule has 0 N–H and O–H groups in total. The van der Waals surface area contributed by atoms with E-state index in [2.05, 4.69) is 4.99 Å². The molecule has 0 bridgehead atoms. The van der Waals surface area contributed by atoms with Crippen LogP contribution in [0, 0.1) is 12.7 Å². The van der Waals surface area contributed by atoms with Crippen molar-refractivity contribution in [1.82, 2.24) is 0 Å². The number of aliphatic imine (C=N–C) groups is 1. The Bertz CT molecular complexity index is 1150. The summed E-state index contributed by atoms with van der Waals surface area (Å²) in [6, 6.07) is 18.8. The van der Waals surface area contributed by atoms with Crippen molar-refractivity contribution in [2.24, 2.45) is 4.99 Å². The van der Waals surface area contributed by atoms with Crippen molar-refractivity contribution in [3.63, 3.8) is 0 Å². The monoisotopic (exact) mass is 436 g/mol. The SMILES string of the molecule is Cc1ccc(C(=O)CSC2=N/C(=C\c3ccccc3)C(=O)N2c2ccc(F)cc2)s1. The minimum Gasteiger partial charge on any atom is -0.292 e. The number of hydrogen-bond acceptors (Lipinski definition) is 5. The molecule has 30 heavy (non-hydrogen) atoms. The number of ketones is 1. The molecular weight excluding hydrogens is 419 g/mol. The third-order valence-corrected chi connectivity index (χ3v) is 6.35. The summed E-state index contributed by atoms with van der Waals surface area (Å²) in [5.74, 6) is -0.567. The van der Waals surface area contributed by atoms with Gasteiger partial charge in [0.05, 0.1) is 16.3 Å². The molecule has 1 aromatic heterocycles. The number of amidine groups is 1. The van der Waals surface area contributed by atoms with Crippen molar-refractivity contribution < 1.29 is 14.0 Å². The maximum atomic E-state index is 13.4. The largest absolute Gasteiger partial charge is 0.292 e. The van der Waals surface area contributed by atoms with Gasteiger partial charge in [0.1, 0.15) is 11.5 Å². The van der Waals surface area contributed by atoms with Crippen molar-refractivity contribution in [2.45, 2.75) is 6.92 Å². The molecule has 3 aromatic rings. The Morgan fingerprint density at radius 1 is 1.10 bits per heavy atom. The van der Waals surface area contributed by atoms with Crippen LogP contribution >= 0.6 is 23.1 Å². The van der Waals surface area contributed by atoms with Gasteiger partial charge in [-0.05, 0) is 55.0 Å². The second-order valence-electron chi connectivity index (χ2n) is 6.57. The highest BCUT2D eigenvalue weighted by Crippen LogP contribution is 2.30. The van der Waals surface area contributed by atoms with Crippen molar-refractivity contribution in [3.05, 3.63) is 93.6 Å². The van der Waals surface area contributed by atoms with E-state index in [1.807, 2.05) is 49.4 Å². The molecule has 2 aromatic carbocycles. The van der Waals surface area contributed by atoms with E-state index in [4.69, 9.17) is 0 Å². The highest BCUT2D eigenvalue weighted by Gasteiger charge is 2.32. The van der Waals surface area contributed by atoms with Gasteiger partial charge in [0.15, 0.2) is 11.0 Å². The third-order valence-electron chi connectivity index (χ3n) is 4.36. The zero-order valence-corrected chi connectivity index (χ0v) is 17.7. The van der Waals surface area contributed by atoms with Crippen LogP contribution in [0.3, 0.4) is 0 Å². The van der Waals surface area contributed by atoms with Gasteiger partial charge in [-0.15, -0.1) is 11.3 Å². The number of hydrogen-bond donors (Lipinski definition) is 0. The van der Waals surface area contributed by atoms with Gasteiger partial charge in [-0.1, -0.05) is 42.1 Å². The summed E-state index contributed by atoms with van der Waals surface area (Å²) in [6.07, 6.45) is 1.71. The number of nitrogens with zero attached hydrogens (tertiary/aromatic N) is 2. The predicted octanol–water partition coefficient (Wildman–Crippen LogP) is 5.56. The lowest BCUT2D eigenvalue weighted by atomic mass is 10.2. The molecule has 0 radical (unpaired) electrons. The zero-order valence-electron chi connectivity index (χ0n) is 16.0. The molecule has 0 fully saturated rings. The smallest absolute Gasteiger partial charge is 0.283 e. The summed E-state index contributed by atoms with van der Waals surface area (Å²) < 4.78 is 13.4. The number of amides is 1. The molecule has 0 atom stereocenters. The molecule has 1 aliphatic rings. The minimum absolute atomic E-state index is 0.0206. The first kappa shape index (κ1) is 20.3. The second kappa shape index (κ2) is 8.77. The van der Waals surface area contributed by atoms with Gasteiger partial charge in [0.2, 0.25) is 0 Å². The van der Waals surface area contributed by atoms with Gasteiger partial charge in [-0.3, -0.25) is 14.5 Å². The fourth-order valence-corrected chi connectivity index (χ4v) is 4.70. The van der Waals surface area contributed by atoms with Crippen LogP contribution in [-0.2, 0) is 4.79 Å². The summed E-state index contributed by atoms with van der Waals surface area (Å²) in [7, 11) is 0. The summed E-state index contributed by atoms with van der Waals surface area (Å²) in [5.41, 5.74) is 1.62. The third kappa shape index (κ3) is 4.42. The van der Waals surface area contributed by atoms with E-state index >= 15 is 0 Å². The molecule has 7 heteroatoms. The highest BCUT2D eigenvalue weighted by molar-refractivity contribution is 8.14. The van der Waals surface area contributed by atoms with Crippen LogP contribution in [0.1, 0.15) is 20.1 Å². The Hall–Kier alpha value is -3.03. The van der Waals surface area contributed by atoms with Gasteiger partial charge < -0.3 is 0 Å². The molecule has 0 saturated carbocycles. The predicted molar refractivity (Wildman–Crippen MR) is 122 cm³/mol. The highest BCUT2D eigenvalue weighted by atomic mass is 32.2. The topological polar surface area (TPSA) is 49.7 Å². The average molecular weight is 437 g/mol. The van der Waals surface area contributed by atoms with Crippen LogP contribution in [0.25, 0.3) is 6.08 Å². The standard InChI is InChI=1S/C23H17FN2O2S2/c1-15-7-12-21(30-15)20(27)14-29-23-25-19(13-16-5-3-2-4-6-16)22(28)26(23)18-10-8-17(24)9-11-18/h2-13H,14H2,1H3/b19-13-. The normalized spacial score (nSPS) is 15.0. The van der Waals surface area contributed by atoms with E-state index in [1.54, 1.807) is 6.08 Å². The lowest BCUT2D eigenvalue weighted by molar-refractivity contribution is -0.113. The molecule has 4 rings (SSSR count). The molecule has 0 spiro atoms. The Labute approximate surface area is 181 Å². The lowest BCUT2D eigenvalue weighted by Crippen LogP contribution is -2.30. The van der Waals surface area contributed by atoms with Crippen molar-refractivity contribution in [2.75, 3.05) is 10.7 Å². The first-order valence-electron chi connectivity index (χ1n) is 9.19. The van der Waals surface area contributed by atoms with E-state index in [0.29, 0.717) is 15.7 Å². The zero-order chi connectivity index (χ0) is 21.1. The Morgan fingerprint density at radius 2 is 1.83 bits per heavy atom. The number of benzene rings is 2.